The first-order chi connectivity index (χ1) is 9.29. The van der Waals surface area contributed by atoms with E-state index in [1.54, 1.807) is 6.20 Å². The Balaban J connectivity index is 2.45. The highest BCUT2D eigenvalue weighted by Crippen LogP contribution is 2.28. The second-order valence-corrected chi connectivity index (χ2v) is 6.11. The van der Waals surface area contributed by atoms with Gasteiger partial charge in [0.1, 0.15) is 11.6 Å². The molecule has 2 aromatic rings. The van der Waals surface area contributed by atoms with Crippen LogP contribution in [0.15, 0.2) is 39.9 Å². The first kappa shape index (κ1) is 14.7. The maximum absolute atomic E-state index is 13.2. The molecular weight excluding hydrogens is 327 g/mol. The number of hydrogen-bond donors (Lipinski definition) is 0. The lowest BCUT2D eigenvalue weighted by Gasteiger charge is -2.22. The highest BCUT2D eigenvalue weighted by Gasteiger charge is 2.18. The van der Waals surface area contributed by atoms with E-state index < -0.39 is 11.4 Å². The lowest BCUT2D eigenvalue weighted by molar-refractivity contribution is 0.362. The zero-order valence-electron chi connectivity index (χ0n) is 11.4. The Kier molecular flexibility index (Phi) is 3.94. The monoisotopic (exact) mass is 340 g/mol. The smallest absolute Gasteiger partial charge is 0.314 e. The Morgan fingerprint density at radius 1 is 1.35 bits per heavy atom. The molecule has 2 rings (SSSR count). The molecule has 0 unspecified atom stereocenters. The van der Waals surface area contributed by atoms with Gasteiger partial charge in [0.25, 0.3) is 5.88 Å². The quantitative estimate of drug-likeness (QED) is 0.837. The van der Waals surface area contributed by atoms with Gasteiger partial charge >= 0.3 is 5.56 Å². The summed E-state index contributed by atoms with van der Waals surface area (Å²) in [7, 11) is 0. The number of rotatable bonds is 2. The van der Waals surface area contributed by atoms with E-state index >= 15 is 0 Å². The molecule has 0 saturated carbocycles. The first-order valence-corrected chi connectivity index (χ1v) is 6.79. The van der Waals surface area contributed by atoms with Crippen LogP contribution in [0.2, 0.25) is 0 Å². The molecule has 0 N–H and O–H groups in total. The van der Waals surface area contributed by atoms with Gasteiger partial charge in [-0.1, -0.05) is 0 Å². The minimum absolute atomic E-state index is 0.0891. The van der Waals surface area contributed by atoms with E-state index in [-0.39, 0.29) is 17.2 Å². The zero-order valence-corrected chi connectivity index (χ0v) is 12.9. The first-order valence-electron chi connectivity index (χ1n) is 6.00. The van der Waals surface area contributed by atoms with E-state index in [0.717, 1.165) is 0 Å². The molecule has 1 aromatic heterocycles. The summed E-state index contributed by atoms with van der Waals surface area (Å²) < 4.78 is 20.7. The normalized spacial score (nSPS) is 11.4. The van der Waals surface area contributed by atoms with Crippen molar-refractivity contribution in [3.05, 3.63) is 51.2 Å². The van der Waals surface area contributed by atoms with Gasteiger partial charge in [-0.2, -0.15) is 0 Å². The van der Waals surface area contributed by atoms with Gasteiger partial charge in [-0.15, -0.1) is 0 Å². The molecule has 0 radical (unpaired) electrons. The SMILES string of the molecule is CC(C)(C)n1ccnc(Oc2cc(F)ccc2Br)c1=O. The van der Waals surface area contributed by atoms with Crippen LogP contribution in [0, 0.1) is 5.82 Å². The number of ether oxygens (including phenoxy) is 1. The summed E-state index contributed by atoms with van der Waals surface area (Å²) in [6, 6.07) is 4.00. The molecular formula is C14H14BrFN2O2. The Hall–Kier alpha value is -1.69. The summed E-state index contributed by atoms with van der Waals surface area (Å²) in [4.78, 5) is 16.2. The van der Waals surface area contributed by atoms with Gasteiger partial charge in [0.2, 0.25) is 0 Å². The molecule has 4 nitrogen and oxygen atoms in total. The van der Waals surface area contributed by atoms with E-state index in [4.69, 9.17) is 4.74 Å². The van der Waals surface area contributed by atoms with E-state index in [1.165, 1.54) is 29.0 Å². The van der Waals surface area contributed by atoms with E-state index in [1.807, 2.05) is 20.8 Å². The predicted molar refractivity (Wildman–Crippen MR) is 77.7 cm³/mol. The van der Waals surface area contributed by atoms with Crippen LogP contribution < -0.4 is 10.3 Å². The number of aromatic nitrogens is 2. The molecule has 0 atom stereocenters. The maximum atomic E-state index is 13.2. The third-order valence-corrected chi connectivity index (χ3v) is 3.29. The van der Waals surface area contributed by atoms with Crippen molar-refractivity contribution >= 4 is 15.9 Å². The molecule has 1 aromatic carbocycles. The molecule has 0 spiro atoms. The average Bonchev–Trinajstić information content (AvgIpc) is 2.35. The standard InChI is InChI=1S/C14H14BrFN2O2/c1-14(2,3)18-7-6-17-12(13(18)19)20-11-8-9(16)4-5-10(11)15/h4-8H,1-3H3. The number of benzene rings is 1. The van der Waals surface area contributed by atoms with E-state index in [9.17, 15) is 9.18 Å². The fraction of sp³-hybridized carbons (Fsp3) is 0.286. The van der Waals surface area contributed by atoms with E-state index in [0.29, 0.717) is 4.47 Å². The van der Waals surface area contributed by atoms with Gasteiger partial charge in [0.15, 0.2) is 0 Å². The molecule has 0 saturated heterocycles. The lowest BCUT2D eigenvalue weighted by Crippen LogP contribution is -2.34. The largest absolute Gasteiger partial charge is 0.433 e. The number of hydrogen-bond acceptors (Lipinski definition) is 3. The molecule has 0 aliphatic rings. The maximum Gasteiger partial charge on any atom is 0.314 e. The van der Waals surface area contributed by atoms with Crippen LogP contribution in [-0.4, -0.2) is 9.55 Å². The summed E-state index contributed by atoms with van der Waals surface area (Å²) in [5.74, 6) is -0.328. The summed E-state index contributed by atoms with van der Waals surface area (Å²) in [5, 5.41) is 0. The van der Waals surface area contributed by atoms with Crippen molar-refractivity contribution < 1.29 is 9.13 Å². The summed E-state index contributed by atoms with van der Waals surface area (Å²) >= 11 is 3.24. The molecule has 0 fully saturated rings. The van der Waals surface area contributed by atoms with Gasteiger partial charge in [0.05, 0.1) is 4.47 Å². The lowest BCUT2D eigenvalue weighted by atomic mass is 10.1. The highest BCUT2D eigenvalue weighted by atomic mass is 79.9. The molecule has 0 amide bonds. The van der Waals surface area contributed by atoms with Crippen LogP contribution in [0.25, 0.3) is 0 Å². The molecule has 106 valence electrons. The summed E-state index contributed by atoms with van der Waals surface area (Å²) in [6.07, 6.45) is 3.07. The van der Waals surface area contributed by atoms with Crippen molar-refractivity contribution in [1.29, 1.82) is 0 Å². The summed E-state index contributed by atoms with van der Waals surface area (Å²) in [6.45, 7) is 5.70. The summed E-state index contributed by atoms with van der Waals surface area (Å²) in [5.41, 5.74) is -0.756. The molecule has 0 aliphatic heterocycles. The number of nitrogens with zero attached hydrogens (tertiary/aromatic N) is 2. The van der Waals surface area contributed by atoms with Gasteiger partial charge in [0, 0.05) is 24.0 Å². The minimum Gasteiger partial charge on any atom is -0.433 e. The molecule has 6 heteroatoms. The van der Waals surface area contributed by atoms with E-state index in [2.05, 4.69) is 20.9 Å². The van der Waals surface area contributed by atoms with Crippen LogP contribution in [0.5, 0.6) is 11.6 Å². The third-order valence-electron chi connectivity index (χ3n) is 2.63. The predicted octanol–water partition coefficient (Wildman–Crippen LogP) is 3.69. The fourth-order valence-corrected chi connectivity index (χ4v) is 1.98. The highest BCUT2D eigenvalue weighted by molar-refractivity contribution is 9.10. The van der Waals surface area contributed by atoms with Crippen molar-refractivity contribution in [2.75, 3.05) is 0 Å². The van der Waals surface area contributed by atoms with Gasteiger partial charge in [-0.25, -0.2) is 9.37 Å². The fourth-order valence-electron chi connectivity index (χ4n) is 1.65. The van der Waals surface area contributed by atoms with Crippen LogP contribution >= 0.6 is 15.9 Å². The average molecular weight is 341 g/mol. The van der Waals surface area contributed by atoms with Crippen molar-refractivity contribution in [1.82, 2.24) is 9.55 Å². The Morgan fingerprint density at radius 3 is 2.70 bits per heavy atom. The van der Waals surface area contributed by atoms with Crippen molar-refractivity contribution in [2.24, 2.45) is 0 Å². The minimum atomic E-state index is -0.449. The zero-order chi connectivity index (χ0) is 14.9. The Bertz CT molecular complexity index is 692. The molecule has 0 aliphatic carbocycles. The van der Waals surface area contributed by atoms with Crippen LogP contribution in [0.4, 0.5) is 4.39 Å². The Labute approximate surface area is 124 Å². The second-order valence-electron chi connectivity index (χ2n) is 5.26. The van der Waals surface area contributed by atoms with Gasteiger partial charge in [-0.05, 0) is 48.8 Å². The Morgan fingerprint density at radius 2 is 2.05 bits per heavy atom. The van der Waals surface area contributed by atoms with Gasteiger partial charge < -0.3 is 9.30 Å². The van der Waals surface area contributed by atoms with Crippen LogP contribution in [-0.2, 0) is 5.54 Å². The molecule has 20 heavy (non-hydrogen) atoms. The second kappa shape index (κ2) is 5.36. The van der Waals surface area contributed by atoms with Crippen molar-refractivity contribution in [2.45, 2.75) is 26.3 Å². The topological polar surface area (TPSA) is 44.1 Å². The van der Waals surface area contributed by atoms with Crippen LogP contribution in [0.1, 0.15) is 20.8 Å². The van der Waals surface area contributed by atoms with Gasteiger partial charge in [-0.3, -0.25) is 4.79 Å². The molecule has 0 bridgehead atoms. The molecule has 1 heterocycles. The van der Waals surface area contributed by atoms with Crippen molar-refractivity contribution in [3.8, 4) is 11.6 Å². The van der Waals surface area contributed by atoms with Crippen molar-refractivity contribution in [3.63, 3.8) is 0 Å². The number of halogens is 2. The van der Waals surface area contributed by atoms with Crippen LogP contribution in [0.3, 0.4) is 0 Å². The third kappa shape index (κ3) is 3.07.